The number of hydrogen-bond donors (Lipinski definition) is 2. The number of nitrogens with zero attached hydrogens (tertiary/aromatic N) is 2. The quantitative estimate of drug-likeness (QED) is 0.159. The molecule has 0 aliphatic carbocycles. The number of nitrogens with one attached hydrogen (secondary N) is 2. The molecule has 35 heavy (non-hydrogen) atoms. The zero-order valence-electron chi connectivity index (χ0n) is 19.1. The standard InChI is InChI=1S/C29H22N4OS/c1-2-34-20-14-11-18(12-15-20)30-29(35)31-19-13-16-25-26(17-19)33-28-24-10-6-4-8-22(24)21-7-3-5-9-23(21)27(28)32-25/h3-17H,2H2,1H3,(H2,30,31,35). The number of thiocarbonyl (C=S) groups is 1. The van der Waals surface area contributed by atoms with Crippen molar-refractivity contribution in [3.05, 3.63) is 91.0 Å². The van der Waals surface area contributed by atoms with Crippen LogP contribution in [0.5, 0.6) is 5.75 Å². The zero-order chi connectivity index (χ0) is 23.8. The van der Waals surface area contributed by atoms with Crippen molar-refractivity contribution in [1.82, 2.24) is 9.97 Å². The summed E-state index contributed by atoms with van der Waals surface area (Å²) in [6.07, 6.45) is 0. The Morgan fingerprint density at radius 3 is 1.86 bits per heavy atom. The van der Waals surface area contributed by atoms with Gasteiger partial charge in [-0.05, 0) is 72.4 Å². The van der Waals surface area contributed by atoms with Gasteiger partial charge in [0.25, 0.3) is 0 Å². The zero-order valence-corrected chi connectivity index (χ0v) is 19.9. The van der Waals surface area contributed by atoms with E-state index in [4.69, 9.17) is 26.9 Å². The van der Waals surface area contributed by atoms with Crippen LogP contribution in [0.2, 0.25) is 0 Å². The summed E-state index contributed by atoms with van der Waals surface area (Å²) in [5.74, 6) is 0.831. The third-order valence-electron chi connectivity index (χ3n) is 6.00. The molecule has 6 heteroatoms. The molecule has 0 saturated heterocycles. The minimum atomic E-state index is 0.499. The van der Waals surface area contributed by atoms with E-state index in [1.165, 1.54) is 10.8 Å². The van der Waals surface area contributed by atoms with Crippen LogP contribution in [-0.2, 0) is 0 Å². The second-order valence-electron chi connectivity index (χ2n) is 8.25. The van der Waals surface area contributed by atoms with Crippen LogP contribution in [0.3, 0.4) is 0 Å². The molecular weight excluding hydrogens is 452 g/mol. The highest BCUT2D eigenvalue weighted by Crippen LogP contribution is 2.34. The lowest BCUT2D eigenvalue weighted by atomic mass is 9.99. The molecular formula is C29H22N4OS. The molecule has 170 valence electrons. The first-order valence-electron chi connectivity index (χ1n) is 11.5. The summed E-state index contributed by atoms with van der Waals surface area (Å²) in [4.78, 5) is 10.1. The van der Waals surface area contributed by atoms with Gasteiger partial charge in [-0.1, -0.05) is 48.5 Å². The van der Waals surface area contributed by atoms with Crippen molar-refractivity contribution in [2.45, 2.75) is 6.92 Å². The van der Waals surface area contributed by atoms with Gasteiger partial charge in [-0.3, -0.25) is 0 Å². The Morgan fingerprint density at radius 2 is 1.23 bits per heavy atom. The maximum atomic E-state index is 5.53. The number of benzene rings is 5. The van der Waals surface area contributed by atoms with Crippen molar-refractivity contribution in [2.24, 2.45) is 0 Å². The Kier molecular flexibility index (Phi) is 5.35. The Labute approximate surface area is 207 Å². The first kappa shape index (κ1) is 21.3. The van der Waals surface area contributed by atoms with Crippen LogP contribution in [-0.4, -0.2) is 21.7 Å². The highest BCUT2D eigenvalue weighted by atomic mass is 32.1. The second-order valence-corrected chi connectivity index (χ2v) is 8.66. The third kappa shape index (κ3) is 3.98. The summed E-state index contributed by atoms with van der Waals surface area (Å²) in [5, 5.41) is 11.5. The molecule has 0 atom stereocenters. The number of fused-ring (bicyclic) bond motifs is 7. The molecule has 1 aromatic heterocycles. The Balaban J connectivity index is 1.36. The molecule has 0 saturated carbocycles. The van der Waals surface area contributed by atoms with Gasteiger partial charge in [0.2, 0.25) is 0 Å². The van der Waals surface area contributed by atoms with E-state index in [-0.39, 0.29) is 0 Å². The fourth-order valence-electron chi connectivity index (χ4n) is 4.45. The summed E-state index contributed by atoms with van der Waals surface area (Å²) in [5.41, 5.74) is 5.20. The summed E-state index contributed by atoms with van der Waals surface area (Å²) in [6.45, 7) is 2.60. The van der Waals surface area contributed by atoms with Gasteiger partial charge < -0.3 is 15.4 Å². The van der Waals surface area contributed by atoms with E-state index >= 15 is 0 Å². The number of anilines is 2. The van der Waals surface area contributed by atoms with Gasteiger partial charge in [0.15, 0.2) is 5.11 Å². The van der Waals surface area contributed by atoms with Crippen molar-refractivity contribution < 1.29 is 4.74 Å². The average Bonchev–Trinajstić information content (AvgIpc) is 2.89. The average molecular weight is 475 g/mol. The summed E-state index contributed by atoms with van der Waals surface area (Å²) >= 11 is 5.53. The van der Waals surface area contributed by atoms with Crippen molar-refractivity contribution >= 4 is 72.3 Å². The topological polar surface area (TPSA) is 59.1 Å². The molecule has 0 spiro atoms. The van der Waals surface area contributed by atoms with Gasteiger partial charge in [-0.15, -0.1) is 0 Å². The fourth-order valence-corrected chi connectivity index (χ4v) is 4.69. The molecule has 5 nitrogen and oxygen atoms in total. The molecule has 0 fully saturated rings. The number of rotatable bonds is 4. The molecule has 1 heterocycles. The van der Waals surface area contributed by atoms with Gasteiger partial charge in [0, 0.05) is 22.1 Å². The highest BCUT2D eigenvalue weighted by Gasteiger charge is 2.12. The van der Waals surface area contributed by atoms with E-state index < -0.39 is 0 Å². The van der Waals surface area contributed by atoms with Gasteiger partial charge in [-0.25, -0.2) is 9.97 Å². The molecule has 6 rings (SSSR count). The summed E-state index contributed by atoms with van der Waals surface area (Å²) in [6, 6.07) is 30.4. The van der Waals surface area contributed by atoms with E-state index in [0.717, 1.165) is 50.0 Å². The Hall–Kier alpha value is -4.29. The molecule has 0 amide bonds. The van der Waals surface area contributed by atoms with Gasteiger partial charge in [0.1, 0.15) is 5.75 Å². The lowest BCUT2D eigenvalue weighted by molar-refractivity contribution is 0.340. The minimum absolute atomic E-state index is 0.499. The lowest BCUT2D eigenvalue weighted by Crippen LogP contribution is -2.19. The molecule has 0 radical (unpaired) electrons. The molecule has 0 aliphatic rings. The maximum absolute atomic E-state index is 5.53. The van der Waals surface area contributed by atoms with E-state index in [0.29, 0.717) is 11.7 Å². The largest absolute Gasteiger partial charge is 0.494 e. The van der Waals surface area contributed by atoms with Crippen LogP contribution in [0.15, 0.2) is 91.0 Å². The van der Waals surface area contributed by atoms with Crippen LogP contribution in [0.4, 0.5) is 11.4 Å². The molecule has 0 aliphatic heterocycles. The number of ether oxygens (including phenoxy) is 1. The predicted octanol–water partition coefficient (Wildman–Crippen LogP) is 7.30. The molecule has 6 aromatic rings. The maximum Gasteiger partial charge on any atom is 0.175 e. The monoisotopic (exact) mass is 474 g/mol. The lowest BCUT2D eigenvalue weighted by Gasteiger charge is -2.13. The molecule has 5 aromatic carbocycles. The Morgan fingerprint density at radius 1 is 0.686 bits per heavy atom. The van der Waals surface area contributed by atoms with E-state index in [1.807, 2.05) is 61.5 Å². The molecule has 2 N–H and O–H groups in total. The highest BCUT2D eigenvalue weighted by molar-refractivity contribution is 7.80. The van der Waals surface area contributed by atoms with Crippen LogP contribution in [0.25, 0.3) is 43.6 Å². The van der Waals surface area contributed by atoms with Crippen molar-refractivity contribution in [3.8, 4) is 5.75 Å². The smallest absolute Gasteiger partial charge is 0.175 e. The van der Waals surface area contributed by atoms with Gasteiger partial charge >= 0.3 is 0 Å². The van der Waals surface area contributed by atoms with Crippen LogP contribution in [0, 0.1) is 0 Å². The van der Waals surface area contributed by atoms with E-state index in [1.54, 1.807) is 0 Å². The number of aromatic nitrogens is 2. The first-order chi connectivity index (χ1) is 17.2. The third-order valence-corrected chi connectivity index (χ3v) is 6.20. The van der Waals surface area contributed by atoms with E-state index in [2.05, 4.69) is 47.0 Å². The second kappa shape index (κ2) is 8.81. The Bertz CT molecular complexity index is 1730. The summed E-state index contributed by atoms with van der Waals surface area (Å²) in [7, 11) is 0. The first-order valence-corrected chi connectivity index (χ1v) is 11.9. The van der Waals surface area contributed by atoms with Crippen LogP contribution >= 0.6 is 12.2 Å². The normalized spacial score (nSPS) is 11.2. The number of hydrogen-bond acceptors (Lipinski definition) is 4. The van der Waals surface area contributed by atoms with Crippen molar-refractivity contribution in [3.63, 3.8) is 0 Å². The van der Waals surface area contributed by atoms with Gasteiger partial charge in [0.05, 0.1) is 28.7 Å². The summed E-state index contributed by atoms with van der Waals surface area (Å²) < 4.78 is 5.49. The van der Waals surface area contributed by atoms with Crippen LogP contribution in [0.1, 0.15) is 6.92 Å². The SMILES string of the molecule is CCOc1ccc(NC(=S)Nc2ccc3nc4c5ccccc5c5ccccc5c4nc3c2)cc1. The van der Waals surface area contributed by atoms with Crippen molar-refractivity contribution in [2.75, 3.05) is 17.2 Å². The van der Waals surface area contributed by atoms with E-state index in [9.17, 15) is 0 Å². The predicted molar refractivity (Wildman–Crippen MR) is 150 cm³/mol. The van der Waals surface area contributed by atoms with Gasteiger partial charge in [-0.2, -0.15) is 0 Å². The molecule has 0 unspecified atom stereocenters. The molecule has 0 bridgehead atoms. The van der Waals surface area contributed by atoms with Crippen molar-refractivity contribution in [1.29, 1.82) is 0 Å². The fraction of sp³-hybridized carbons (Fsp3) is 0.0690. The van der Waals surface area contributed by atoms with Crippen LogP contribution < -0.4 is 15.4 Å². The minimum Gasteiger partial charge on any atom is -0.494 e.